The van der Waals surface area contributed by atoms with Crippen LogP contribution in [0.5, 0.6) is 0 Å². The summed E-state index contributed by atoms with van der Waals surface area (Å²) in [6, 6.07) is 1.63. The van der Waals surface area contributed by atoms with Crippen LogP contribution in [0.4, 0.5) is 0 Å². The zero-order chi connectivity index (χ0) is 12.7. The molecule has 96 valence electrons. The summed E-state index contributed by atoms with van der Waals surface area (Å²) >= 11 is 0. The molecular weight excluding hydrogens is 218 g/mol. The Balaban J connectivity index is 2.24. The van der Waals surface area contributed by atoms with Gasteiger partial charge in [-0.1, -0.05) is 18.5 Å². The third-order valence-corrected chi connectivity index (χ3v) is 2.48. The number of carbonyl (C=O) groups excluding carboxylic acids is 1. The fraction of sp³-hybridized carbons (Fsp3) is 0.667. The van der Waals surface area contributed by atoms with Crippen LogP contribution in [0.25, 0.3) is 0 Å². The second-order valence-electron chi connectivity index (χ2n) is 4.18. The van der Waals surface area contributed by atoms with E-state index in [2.05, 4.69) is 22.7 Å². The van der Waals surface area contributed by atoms with Crippen molar-refractivity contribution in [2.24, 2.45) is 0 Å². The normalized spacial score (nSPS) is 12.4. The zero-order valence-electron chi connectivity index (χ0n) is 10.7. The van der Waals surface area contributed by atoms with Crippen molar-refractivity contribution in [1.82, 2.24) is 15.8 Å². The van der Waals surface area contributed by atoms with Crippen molar-refractivity contribution >= 4 is 5.91 Å². The van der Waals surface area contributed by atoms with E-state index in [-0.39, 0.29) is 11.9 Å². The lowest BCUT2D eigenvalue weighted by Crippen LogP contribution is -2.42. The Hall–Kier alpha value is -1.36. The van der Waals surface area contributed by atoms with Crippen LogP contribution in [0, 0.1) is 6.92 Å². The highest BCUT2D eigenvalue weighted by Gasteiger charge is 2.12. The second-order valence-corrected chi connectivity index (χ2v) is 4.18. The Labute approximate surface area is 102 Å². The summed E-state index contributed by atoms with van der Waals surface area (Å²) in [4.78, 5) is 11.6. The van der Waals surface area contributed by atoms with Gasteiger partial charge in [0, 0.05) is 12.6 Å². The lowest BCUT2D eigenvalue weighted by atomic mass is 10.2. The predicted molar refractivity (Wildman–Crippen MR) is 65.5 cm³/mol. The van der Waals surface area contributed by atoms with Crippen molar-refractivity contribution in [2.45, 2.75) is 46.2 Å². The Morgan fingerprint density at radius 3 is 2.94 bits per heavy atom. The van der Waals surface area contributed by atoms with Crippen LogP contribution in [0.1, 0.15) is 38.1 Å². The summed E-state index contributed by atoms with van der Waals surface area (Å²) in [5, 5.41) is 9.75. The van der Waals surface area contributed by atoms with E-state index >= 15 is 0 Å². The fourth-order valence-corrected chi connectivity index (χ4v) is 1.39. The van der Waals surface area contributed by atoms with Gasteiger partial charge in [-0.05, 0) is 20.3 Å². The van der Waals surface area contributed by atoms with Gasteiger partial charge in [0.05, 0.1) is 18.3 Å². The quantitative estimate of drug-likeness (QED) is 0.705. The SMILES string of the molecule is CCCCNC(=O)C(C)NCc1cc(C)no1. The van der Waals surface area contributed by atoms with E-state index in [1.807, 2.05) is 19.9 Å². The van der Waals surface area contributed by atoms with E-state index in [0.717, 1.165) is 30.8 Å². The van der Waals surface area contributed by atoms with E-state index in [0.29, 0.717) is 6.54 Å². The van der Waals surface area contributed by atoms with Crippen LogP contribution in [0.2, 0.25) is 0 Å². The van der Waals surface area contributed by atoms with Crippen LogP contribution < -0.4 is 10.6 Å². The summed E-state index contributed by atoms with van der Waals surface area (Å²) in [6.07, 6.45) is 2.10. The average Bonchev–Trinajstić information content (AvgIpc) is 2.72. The third-order valence-electron chi connectivity index (χ3n) is 2.48. The molecule has 1 amide bonds. The van der Waals surface area contributed by atoms with Gasteiger partial charge in [-0.25, -0.2) is 0 Å². The van der Waals surface area contributed by atoms with Gasteiger partial charge in [0.25, 0.3) is 0 Å². The standard InChI is InChI=1S/C12H21N3O2/c1-4-5-6-13-12(16)10(3)14-8-11-7-9(2)15-17-11/h7,10,14H,4-6,8H2,1-3H3,(H,13,16). The molecule has 0 spiro atoms. The van der Waals surface area contributed by atoms with E-state index in [9.17, 15) is 4.79 Å². The minimum absolute atomic E-state index is 0.0229. The van der Waals surface area contributed by atoms with Crippen LogP contribution in [0.15, 0.2) is 10.6 Å². The minimum atomic E-state index is -0.225. The van der Waals surface area contributed by atoms with E-state index in [1.54, 1.807) is 0 Å². The maximum atomic E-state index is 11.6. The molecule has 1 unspecified atom stereocenters. The molecule has 0 aliphatic carbocycles. The maximum Gasteiger partial charge on any atom is 0.236 e. The lowest BCUT2D eigenvalue weighted by Gasteiger charge is -2.12. The van der Waals surface area contributed by atoms with Crippen molar-refractivity contribution in [1.29, 1.82) is 0 Å². The number of nitrogens with one attached hydrogen (secondary N) is 2. The van der Waals surface area contributed by atoms with Crippen LogP contribution in [0.3, 0.4) is 0 Å². The molecule has 0 aromatic carbocycles. The van der Waals surface area contributed by atoms with Gasteiger partial charge in [0.15, 0.2) is 5.76 Å². The molecule has 17 heavy (non-hydrogen) atoms. The third kappa shape index (κ3) is 4.99. The summed E-state index contributed by atoms with van der Waals surface area (Å²) < 4.78 is 5.05. The predicted octanol–water partition coefficient (Wildman–Crippen LogP) is 1.38. The van der Waals surface area contributed by atoms with Gasteiger partial charge >= 0.3 is 0 Å². The number of aromatic nitrogens is 1. The Morgan fingerprint density at radius 2 is 2.35 bits per heavy atom. The van der Waals surface area contributed by atoms with Crippen molar-refractivity contribution < 1.29 is 9.32 Å². The maximum absolute atomic E-state index is 11.6. The highest BCUT2D eigenvalue weighted by molar-refractivity contribution is 5.81. The molecule has 0 saturated carbocycles. The van der Waals surface area contributed by atoms with Gasteiger partial charge in [-0.2, -0.15) is 0 Å². The van der Waals surface area contributed by atoms with Crippen molar-refractivity contribution in [3.05, 3.63) is 17.5 Å². The molecule has 0 bridgehead atoms. The van der Waals surface area contributed by atoms with Gasteiger partial charge < -0.3 is 9.84 Å². The molecule has 0 saturated heterocycles. The molecule has 0 fully saturated rings. The van der Waals surface area contributed by atoms with Crippen molar-refractivity contribution in [3.63, 3.8) is 0 Å². The molecule has 5 nitrogen and oxygen atoms in total. The van der Waals surface area contributed by atoms with E-state index < -0.39 is 0 Å². The lowest BCUT2D eigenvalue weighted by molar-refractivity contribution is -0.122. The molecular formula is C12H21N3O2. The number of amides is 1. The Kier molecular flexibility index (Phi) is 5.69. The first-order chi connectivity index (χ1) is 8.13. The molecule has 5 heteroatoms. The number of nitrogens with zero attached hydrogens (tertiary/aromatic N) is 1. The first-order valence-corrected chi connectivity index (χ1v) is 6.06. The van der Waals surface area contributed by atoms with Crippen LogP contribution in [-0.2, 0) is 11.3 Å². The van der Waals surface area contributed by atoms with Gasteiger partial charge in [0.2, 0.25) is 5.91 Å². The number of aryl methyl sites for hydroxylation is 1. The molecule has 1 heterocycles. The van der Waals surface area contributed by atoms with Crippen molar-refractivity contribution in [2.75, 3.05) is 6.54 Å². The molecule has 1 rings (SSSR count). The molecule has 1 atom stereocenters. The first-order valence-electron chi connectivity index (χ1n) is 6.06. The fourth-order valence-electron chi connectivity index (χ4n) is 1.39. The van der Waals surface area contributed by atoms with Gasteiger partial charge in [0.1, 0.15) is 0 Å². The molecule has 2 N–H and O–H groups in total. The highest BCUT2D eigenvalue weighted by Crippen LogP contribution is 2.01. The molecule has 1 aromatic heterocycles. The minimum Gasteiger partial charge on any atom is -0.360 e. The zero-order valence-corrected chi connectivity index (χ0v) is 10.7. The van der Waals surface area contributed by atoms with Gasteiger partial charge in [-0.3, -0.25) is 10.1 Å². The number of hydrogen-bond acceptors (Lipinski definition) is 4. The molecule has 0 aliphatic rings. The Morgan fingerprint density at radius 1 is 1.59 bits per heavy atom. The molecule has 0 radical (unpaired) electrons. The topological polar surface area (TPSA) is 67.2 Å². The smallest absolute Gasteiger partial charge is 0.236 e. The number of rotatable bonds is 7. The number of carbonyl (C=O) groups is 1. The Bertz CT molecular complexity index is 349. The summed E-state index contributed by atoms with van der Waals surface area (Å²) in [7, 11) is 0. The monoisotopic (exact) mass is 239 g/mol. The number of hydrogen-bond donors (Lipinski definition) is 2. The molecule has 1 aromatic rings. The second kappa shape index (κ2) is 7.06. The summed E-state index contributed by atoms with van der Waals surface area (Å²) in [5.74, 6) is 0.769. The van der Waals surface area contributed by atoms with Crippen LogP contribution in [-0.4, -0.2) is 23.7 Å². The highest BCUT2D eigenvalue weighted by atomic mass is 16.5. The number of unbranched alkanes of at least 4 members (excludes halogenated alkanes) is 1. The van der Waals surface area contributed by atoms with E-state index in [1.165, 1.54) is 0 Å². The van der Waals surface area contributed by atoms with Crippen molar-refractivity contribution in [3.8, 4) is 0 Å². The van der Waals surface area contributed by atoms with Crippen LogP contribution >= 0.6 is 0 Å². The molecule has 0 aliphatic heterocycles. The summed E-state index contributed by atoms with van der Waals surface area (Å²) in [5.41, 5.74) is 0.849. The van der Waals surface area contributed by atoms with E-state index in [4.69, 9.17) is 4.52 Å². The summed E-state index contributed by atoms with van der Waals surface area (Å²) in [6.45, 7) is 7.06. The van der Waals surface area contributed by atoms with Gasteiger partial charge in [-0.15, -0.1) is 0 Å². The average molecular weight is 239 g/mol. The first kappa shape index (κ1) is 13.7. The largest absolute Gasteiger partial charge is 0.360 e.